The Labute approximate surface area is 128 Å². The van der Waals surface area contributed by atoms with Crippen LogP contribution in [0.5, 0.6) is 0 Å². The average Bonchev–Trinajstić information content (AvgIpc) is 2.54. The maximum atomic E-state index is 12.0. The first kappa shape index (κ1) is 15.4. The van der Waals surface area contributed by atoms with Crippen molar-refractivity contribution in [1.29, 1.82) is 0 Å². The highest BCUT2D eigenvalue weighted by Gasteiger charge is 2.12. The van der Waals surface area contributed by atoms with E-state index in [4.69, 9.17) is 4.74 Å². The molecule has 0 radical (unpaired) electrons. The average molecular weight is 300 g/mol. The van der Waals surface area contributed by atoms with Crippen molar-refractivity contribution >= 4 is 17.5 Å². The van der Waals surface area contributed by atoms with Crippen molar-refractivity contribution in [2.24, 2.45) is 0 Å². The van der Waals surface area contributed by atoms with Crippen molar-refractivity contribution in [3.05, 3.63) is 77.4 Å². The number of ether oxygens (including phenoxy) is 1. The van der Waals surface area contributed by atoms with Gasteiger partial charge in [-0.05, 0) is 17.7 Å². The van der Waals surface area contributed by atoms with Crippen LogP contribution in [-0.2, 0) is 16.1 Å². The van der Waals surface area contributed by atoms with Crippen molar-refractivity contribution in [1.82, 2.24) is 0 Å². The summed E-state index contributed by atoms with van der Waals surface area (Å²) in [5.41, 5.74) is 1.01. The molecule has 0 heterocycles. The van der Waals surface area contributed by atoms with Crippen molar-refractivity contribution in [2.45, 2.75) is 11.5 Å². The lowest BCUT2D eigenvalue weighted by molar-refractivity contribution is -0.119. The number of carbonyl (C=O) groups excluding carboxylic acids is 1. The molecule has 0 amide bonds. The molecule has 0 spiro atoms. The molecule has 4 heteroatoms. The number of Topliss-reactive ketones (excluding diaryl/α,β-unsaturated/α-hetero) is 1. The fraction of sp³-hybridized carbons (Fsp3) is 0.118. The minimum atomic E-state index is -0.234. The highest BCUT2D eigenvalue weighted by Crippen LogP contribution is 2.26. The van der Waals surface area contributed by atoms with Crippen LogP contribution in [0.25, 0.3) is 0 Å². The number of thioether (sulfide) groups is 1. The second-order valence-corrected chi connectivity index (χ2v) is 5.43. The monoisotopic (exact) mass is 300 g/mol. The van der Waals surface area contributed by atoms with Gasteiger partial charge in [-0.25, -0.2) is 0 Å². The lowest BCUT2D eigenvalue weighted by Gasteiger charge is -2.06. The molecule has 108 valence electrons. The largest absolute Gasteiger partial charge is 0.514 e. The first-order valence-corrected chi connectivity index (χ1v) is 7.33. The molecule has 0 aliphatic carbocycles. The molecule has 3 nitrogen and oxygen atoms in total. The Morgan fingerprint density at radius 3 is 2.29 bits per heavy atom. The van der Waals surface area contributed by atoms with Gasteiger partial charge in [-0.1, -0.05) is 60.3 Å². The SMILES string of the molecule is O=C(COCc1ccccc1)/C(=C/O)Sc1ccccc1. The summed E-state index contributed by atoms with van der Waals surface area (Å²) in [4.78, 5) is 13.2. The maximum absolute atomic E-state index is 12.0. The van der Waals surface area contributed by atoms with Gasteiger partial charge in [0, 0.05) is 4.90 Å². The highest BCUT2D eigenvalue weighted by atomic mass is 32.2. The van der Waals surface area contributed by atoms with E-state index in [1.54, 1.807) is 0 Å². The number of benzene rings is 2. The van der Waals surface area contributed by atoms with Crippen LogP contribution in [0.15, 0.2) is 76.7 Å². The van der Waals surface area contributed by atoms with E-state index in [2.05, 4.69) is 0 Å². The number of hydrogen-bond donors (Lipinski definition) is 1. The Morgan fingerprint density at radius 2 is 1.67 bits per heavy atom. The summed E-state index contributed by atoms with van der Waals surface area (Å²) in [6.45, 7) is 0.322. The quantitative estimate of drug-likeness (QED) is 0.477. The van der Waals surface area contributed by atoms with Crippen LogP contribution in [0.2, 0.25) is 0 Å². The molecule has 0 bridgehead atoms. The molecule has 2 rings (SSSR count). The molecule has 0 fully saturated rings. The van der Waals surface area contributed by atoms with E-state index in [9.17, 15) is 9.90 Å². The van der Waals surface area contributed by atoms with E-state index in [0.29, 0.717) is 6.61 Å². The third kappa shape index (κ3) is 5.10. The van der Waals surface area contributed by atoms with Crippen LogP contribution in [0, 0.1) is 0 Å². The van der Waals surface area contributed by atoms with Crippen LogP contribution in [0.4, 0.5) is 0 Å². The van der Waals surface area contributed by atoms with Crippen LogP contribution < -0.4 is 0 Å². The fourth-order valence-corrected chi connectivity index (χ4v) is 2.45. The summed E-state index contributed by atoms with van der Waals surface area (Å²) < 4.78 is 5.39. The van der Waals surface area contributed by atoms with E-state index >= 15 is 0 Å². The summed E-state index contributed by atoms with van der Waals surface area (Å²) in [6, 6.07) is 19.1. The van der Waals surface area contributed by atoms with Gasteiger partial charge in [0.05, 0.1) is 17.8 Å². The summed E-state index contributed by atoms with van der Waals surface area (Å²) in [5.74, 6) is -0.234. The standard InChI is InChI=1S/C17H16O3S/c18-11-17(21-15-9-5-2-6-10-15)16(19)13-20-12-14-7-3-1-4-8-14/h1-11,18H,12-13H2/b17-11-. The van der Waals surface area contributed by atoms with Crippen LogP contribution in [0.3, 0.4) is 0 Å². The summed E-state index contributed by atoms with van der Waals surface area (Å²) in [7, 11) is 0. The molecule has 21 heavy (non-hydrogen) atoms. The smallest absolute Gasteiger partial charge is 0.198 e. The van der Waals surface area contributed by atoms with Crippen LogP contribution in [0.1, 0.15) is 5.56 Å². The summed E-state index contributed by atoms with van der Waals surface area (Å²) in [6.07, 6.45) is 0.839. The van der Waals surface area contributed by atoms with Gasteiger partial charge in [0.1, 0.15) is 6.61 Å². The normalized spacial score (nSPS) is 11.3. The number of aliphatic hydroxyl groups excluding tert-OH is 1. The second-order valence-electron chi connectivity index (χ2n) is 4.31. The maximum Gasteiger partial charge on any atom is 0.198 e. The third-order valence-electron chi connectivity index (χ3n) is 2.71. The third-order valence-corrected chi connectivity index (χ3v) is 3.77. The molecule has 0 aromatic heterocycles. The van der Waals surface area contributed by atoms with Crippen molar-refractivity contribution in [2.75, 3.05) is 6.61 Å². The van der Waals surface area contributed by atoms with E-state index < -0.39 is 0 Å². The lowest BCUT2D eigenvalue weighted by Crippen LogP contribution is -2.10. The first-order chi connectivity index (χ1) is 10.3. The van der Waals surface area contributed by atoms with Gasteiger partial charge >= 0.3 is 0 Å². The number of hydrogen-bond acceptors (Lipinski definition) is 4. The van der Waals surface area contributed by atoms with Crippen LogP contribution in [-0.4, -0.2) is 17.5 Å². The Hall–Kier alpha value is -2.04. The van der Waals surface area contributed by atoms with Crippen molar-refractivity contribution in [3.63, 3.8) is 0 Å². The topological polar surface area (TPSA) is 46.5 Å². The Morgan fingerprint density at radius 1 is 1.05 bits per heavy atom. The van der Waals surface area contributed by atoms with Gasteiger partial charge in [-0.15, -0.1) is 0 Å². The first-order valence-electron chi connectivity index (χ1n) is 6.52. The van der Waals surface area contributed by atoms with E-state index in [1.165, 1.54) is 11.8 Å². The number of aliphatic hydroxyl groups is 1. The molecule has 0 saturated carbocycles. The van der Waals surface area contributed by atoms with Crippen molar-refractivity contribution < 1.29 is 14.6 Å². The van der Waals surface area contributed by atoms with Gasteiger partial charge in [0.15, 0.2) is 5.78 Å². The van der Waals surface area contributed by atoms with Gasteiger partial charge in [-0.3, -0.25) is 4.79 Å². The van der Waals surface area contributed by atoms with Crippen molar-refractivity contribution in [3.8, 4) is 0 Å². The molecule has 0 atom stereocenters. The zero-order chi connectivity index (χ0) is 14.9. The van der Waals surface area contributed by atoms with Gasteiger partial charge in [0.25, 0.3) is 0 Å². The molecule has 2 aromatic carbocycles. The van der Waals surface area contributed by atoms with Crippen LogP contribution >= 0.6 is 11.8 Å². The lowest BCUT2D eigenvalue weighted by atomic mass is 10.2. The number of ketones is 1. The zero-order valence-electron chi connectivity index (χ0n) is 11.4. The summed E-state index contributed by atoms with van der Waals surface area (Å²) >= 11 is 1.22. The molecular formula is C17H16O3S. The number of rotatable bonds is 7. The van der Waals surface area contributed by atoms with Gasteiger partial charge in [-0.2, -0.15) is 0 Å². The Bertz CT molecular complexity index is 594. The molecule has 0 aliphatic rings. The molecular weight excluding hydrogens is 284 g/mol. The molecule has 2 aromatic rings. The Kier molecular flexibility index (Phi) is 6.06. The predicted octanol–water partition coefficient (Wildman–Crippen LogP) is 3.96. The van der Waals surface area contributed by atoms with E-state index in [0.717, 1.165) is 16.7 Å². The van der Waals surface area contributed by atoms with E-state index in [-0.39, 0.29) is 17.3 Å². The molecule has 1 N–H and O–H groups in total. The zero-order valence-corrected chi connectivity index (χ0v) is 12.3. The molecule has 0 aliphatic heterocycles. The minimum Gasteiger partial charge on any atom is -0.514 e. The van der Waals surface area contributed by atoms with Gasteiger partial charge < -0.3 is 9.84 Å². The molecule has 0 unspecified atom stereocenters. The number of carbonyl (C=O) groups is 1. The Balaban J connectivity index is 1.84. The fourth-order valence-electron chi connectivity index (χ4n) is 1.68. The highest BCUT2D eigenvalue weighted by molar-refractivity contribution is 8.04. The molecule has 0 saturated heterocycles. The van der Waals surface area contributed by atoms with E-state index in [1.807, 2.05) is 60.7 Å². The predicted molar refractivity (Wildman–Crippen MR) is 84.1 cm³/mol. The summed E-state index contributed by atoms with van der Waals surface area (Å²) in [5, 5.41) is 9.21. The second kappa shape index (κ2) is 8.29. The van der Waals surface area contributed by atoms with Gasteiger partial charge in [0.2, 0.25) is 0 Å². The minimum absolute atomic E-state index is 0.0544.